The van der Waals surface area contributed by atoms with Gasteiger partial charge in [-0.25, -0.2) is 9.78 Å². The molecule has 0 spiro atoms. The summed E-state index contributed by atoms with van der Waals surface area (Å²) in [7, 11) is 0. The van der Waals surface area contributed by atoms with Crippen LogP contribution in [0.1, 0.15) is 5.56 Å². The second-order valence-electron chi connectivity index (χ2n) is 9.38. The molecule has 2 atom stereocenters. The van der Waals surface area contributed by atoms with Gasteiger partial charge in [0.05, 0.1) is 15.1 Å². The fourth-order valence-electron chi connectivity index (χ4n) is 4.47. The lowest BCUT2D eigenvalue weighted by Crippen LogP contribution is -2.70. The molecule has 218 valence electrons. The third kappa shape index (κ3) is 6.21. The van der Waals surface area contributed by atoms with Crippen LogP contribution in [0.15, 0.2) is 93.8 Å². The summed E-state index contributed by atoms with van der Waals surface area (Å²) in [4.78, 5) is 56.6. The summed E-state index contributed by atoms with van der Waals surface area (Å²) in [5.74, 6) is -0.677. The Morgan fingerprint density at radius 3 is 2.56 bits per heavy atom. The summed E-state index contributed by atoms with van der Waals surface area (Å²) in [6.07, 6.45) is 0. The summed E-state index contributed by atoms with van der Waals surface area (Å²) in [6.45, 7) is -0.403. The fraction of sp³-hybridized carbons (Fsp3) is 0.172. The van der Waals surface area contributed by atoms with Crippen molar-refractivity contribution in [1.29, 1.82) is 0 Å². The summed E-state index contributed by atoms with van der Waals surface area (Å²) in [6, 6.07) is 21.4. The normalized spacial score (nSPS) is 17.7. The highest BCUT2D eigenvalue weighted by Crippen LogP contribution is 2.46. The lowest BCUT2D eigenvalue weighted by molar-refractivity contribution is -0.384. The van der Waals surface area contributed by atoms with Crippen molar-refractivity contribution in [2.45, 2.75) is 22.4 Å². The number of benzene rings is 3. The molecule has 14 heteroatoms. The largest absolute Gasteiger partial charge is 0.484 e. The number of nitro groups is 1. The molecule has 2 amide bonds. The lowest BCUT2D eigenvalue weighted by Gasteiger charge is -2.49. The van der Waals surface area contributed by atoms with Gasteiger partial charge in [0.25, 0.3) is 17.5 Å². The van der Waals surface area contributed by atoms with Crippen molar-refractivity contribution in [3.05, 3.63) is 105 Å². The number of para-hydroxylation sites is 2. The number of hydrogen-bond donors (Lipinski definition) is 1. The van der Waals surface area contributed by atoms with Crippen LogP contribution >= 0.6 is 34.9 Å². The minimum absolute atomic E-state index is 0.0760. The number of carbonyl (C=O) groups excluding carboxylic acids is 3. The van der Waals surface area contributed by atoms with Gasteiger partial charge in [-0.05, 0) is 42.0 Å². The maximum absolute atomic E-state index is 13.5. The van der Waals surface area contributed by atoms with Gasteiger partial charge in [-0.2, -0.15) is 0 Å². The van der Waals surface area contributed by atoms with E-state index in [1.54, 1.807) is 24.3 Å². The van der Waals surface area contributed by atoms with Gasteiger partial charge >= 0.3 is 5.97 Å². The van der Waals surface area contributed by atoms with Crippen LogP contribution in [0.25, 0.3) is 10.2 Å². The third-order valence-corrected chi connectivity index (χ3v) is 10.2. The van der Waals surface area contributed by atoms with Crippen molar-refractivity contribution in [3.63, 3.8) is 0 Å². The van der Waals surface area contributed by atoms with E-state index < -0.39 is 34.1 Å². The van der Waals surface area contributed by atoms with Gasteiger partial charge < -0.3 is 14.8 Å². The first-order valence-electron chi connectivity index (χ1n) is 13.0. The van der Waals surface area contributed by atoms with Crippen LogP contribution < -0.4 is 10.1 Å². The Bertz CT molecular complexity index is 1710. The molecule has 3 aromatic carbocycles. The number of ether oxygens (including phenoxy) is 2. The molecule has 2 aliphatic rings. The van der Waals surface area contributed by atoms with Gasteiger partial charge in [-0.3, -0.25) is 24.6 Å². The molecular weight excluding hydrogens is 613 g/mol. The second-order valence-corrected chi connectivity index (χ2v) is 12.9. The summed E-state index contributed by atoms with van der Waals surface area (Å²) < 4.78 is 12.8. The minimum Gasteiger partial charge on any atom is -0.484 e. The van der Waals surface area contributed by atoms with Crippen LogP contribution in [0.5, 0.6) is 5.75 Å². The van der Waals surface area contributed by atoms with E-state index in [1.807, 2.05) is 30.3 Å². The van der Waals surface area contributed by atoms with Crippen molar-refractivity contribution in [2.24, 2.45) is 0 Å². The second kappa shape index (κ2) is 12.5. The molecule has 11 nitrogen and oxygen atoms in total. The zero-order valence-corrected chi connectivity index (χ0v) is 24.7. The Morgan fingerprint density at radius 1 is 1.07 bits per heavy atom. The quantitative estimate of drug-likeness (QED) is 0.113. The minimum atomic E-state index is -0.830. The number of β-lactam (4-membered cyclic amide) rings is 1. The number of rotatable bonds is 10. The number of fused-ring (bicyclic) bond motifs is 2. The number of non-ortho nitro benzene ring substituents is 1. The van der Waals surface area contributed by atoms with E-state index >= 15 is 0 Å². The first kappa shape index (κ1) is 28.7. The van der Waals surface area contributed by atoms with E-state index in [4.69, 9.17) is 9.47 Å². The number of amides is 2. The Hall–Kier alpha value is -4.40. The monoisotopic (exact) mass is 634 g/mol. The van der Waals surface area contributed by atoms with Crippen LogP contribution in [0.3, 0.4) is 0 Å². The molecule has 0 radical (unpaired) electrons. The van der Waals surface area contributed by atoms with Crippen molar-refractivity contribution in [1.82, 2.24) is 15.2 Å². The number of nitro benzene ring substituents is 1. The van der Waals surface area contributed by atoms with Gasteiger partial charge in [-0.1, -0.05) is 42.1 Å². The SMILES string of the molecule is O=C(COc1ccccc1)N[C@@H]1C(=O)N2C(C(=O)OCc3ccc([N+](=O)[O-])cc3)=C(Sc3nc4ccccc4s3)CS[C@H]12. The Labute approximate surface area is 257 Å². The van der Waals surface area contributed by atoms with E-state index in [1.165, 1.54) is 64.0 Å². The van der Waals surface area contributed by atoms with E-state index in [2.05, 4.69) is 10.3 Å². The van der Waals surface area contributed by atoms with Gasteiger partial charge in [0.1, 0.15) is 29.5 Å². The predicted molar refractivity (Wildman–Crippen MR) is 162 cm³/mol. The van der Waals surface area contributed by atoms with Crippen molar-refractivity contribution in [3.8, 4) is 5.75 Å². The number of thioether (sulfide) groups is 2. The number of carbonyl (C=O) groups is 3. The molecule has 0 bridgehead atoms. The zero-order chi connectivity index (χ0) is 29.9. The Morgan fingerprint density at radius 2 is 1.81 bits per heavy atom. The molecule has 0 aliphatic carbocycles. The number of aromatic nitrogens is 1. The number of hydrogen-bond acceptors (Lipinski definition) is 11. The number of thiazole rings is 1. The van der Waals surface area contributed by atoms with Crippen LogP contribution in [0, 0.1) is 10.1 Å². The highest BCUT2D eigenvalue weighted by atomic mass is 32.2. The molecule has 2 aliphatic heterocycles. The highest BCUT2D eigenvalue weighted by Gasteiger charge is 2.54. The van der Waals surface area contributed by atoms with Crippen LogP contribution in [0.2, 0.25) is 0 Å². The van der Waals surface area contributed by atoms with Crippen molar-refractivity contribution >= 4 is 68.5 Å². The molecule has 0 saturated carbocycles. The van der Waals surface area contributed by atoms with Gasteiger partial charge in [-0.15, -0.1) is 23.1 Å². The van der Waals surface area contributed by atoms with E-state index in [0.29, 0.717) is 26.3 Å². The molecule has 6 rings (SSSR count). The van der Waals surface area contributed by atoms with Crippen LogP contribution in [-0.4, -0.2) is 56.4 Å². The van der Waals surface area contributed by atoms with Gasteiger partial charge in [0.15, 0.2) is 10.9 Å². The molecule has 1 aromatic heterocycles. The fourth-order valence-corrected chi connectivity index (χ4v) is 8.17. The van der Waals surface area contributed by atoms with Crippen molar-refractivity contribution < 1.29 is 28.8 Å². The van der Waals surface area contributed by atoms with Gasteiger partial charge in [0.2, 0.25) is 0 Å². The number of nitrogens with one attached hydrogen (secondary N) is 1. The van der Waals surface area contributed by atoms with Crippen LogP contribution in [-0.2, 0) is 25.7 Å². The van der Waals surface area contributed by atoms with E-state index in [0.717, 1.165) is 10.2 Å². The summed E-state index contributed by atoms with van der Waals surface area (Å²) >= 11 is 4.22. The van der Waals surface area contributed by atoms with Crippen molar-refractivity contribution in [2.75, 3.05) is 12.4 Å². The number of nitrogens with zero attached hydrogens (tertiary/aromatic N) is 3. The molecule has 0 unspecified atom stereocenters. The molecule has 4 aromatic rings. The molecule has 1 saturated heterocycles. The maximum atomic E-state index is 13.5. The smallest absolute Gasteiger partial charge is 0.356 e. The lowest BCUT2D eigenvalue weighted by atomic mass is 10.1. The third-order valence-electron chi connectivity index (χ3n) is 6.56. The Balaban J connectivity index is 1.19. The summed E-state index contributed by atoms with van der Waals surface area (Å²) in [5.41, 5.74) is 1.42. The molecule has 43 heavy (non-hydrogen) atoms. The Kier molecular flexibility index (Phi) is 8.31. The molecule has 1 fully saturated rings. The maximum Gasteiger partial charge on any atom is 0.356 e. The predicted octanol–water partition coefficient (Wildman–Crippen LogP) is 4.73. The van der Waals surface area contributed by atoms with Crippen LogP contribution in [0.4, 0.5) is 5.69 Å². The van der Waals surface area contributed by atoms with E-state index in [9.17, 15) is 24.5 Å². The average molecular weight is 635 g/mol. The topological polar surface area (TPSA) is 141 Å². The zero-order valence-electron chi connectivity index (χ0n) is 22.2. The summed E-state index contributed by atoms with van der Waals surface area (Å²) in [5, 5.41) is 13.2. The highest BCUT2D eigenvalue weighted by molar-refractivity contribution is 8.07. The standard InChI is InChI=1S/C29H22N4O7S3/c34-23(15-39-19-6-2-1-3-7-19)31-24-26(35)32-25(28(36)40-14-17-10-12-18(13-11-17)33(37)38)22(16-41-27(24)32)43-29-30-20-8-4-5-9-21(20)42-29/h1-13,24,27H,14-16H2,(H,31,34)/t24-,27-/m1/s1. The molecule has 3 heterocycles. The first-order chi connectivity index (χ1) is 20.9. The average Bonchev–Trinajstić information content (AvgIpc) is 3.44. The first-order valence-corrected chi connectivity index (χ1v) is 15.6. The number of esters is 1. The molecular formula is C29H22N4O7S3. The molecule has 1 N–H and O–H groups in total. The van der Waals surface area contributed by atoms with E-state index in [-0.39, 0.29) is 24.6 Å². The van der Waals surface area contributed by atoms with Gasteiger partial charge in [0, 0.05) is 22.8 Å².